The number of benzene rings is 2. The summed E-state index contributed by atoms with van der Waals surface area (Å²) in [4.78, 5) is 5.03. The largest absolute Gasteiger partial charge is 0.497 e. The highest BCUT2D eigenvalue weighted by Gasteiger charge is 2.26. The maximum atomic E-state index is 6.62. The lowest BCUT2D eigenvalue weighted by Gasteiger charge is -2.18. The van der Waals surface area contributed by atoms with Crippen LogP contribution in [0, 0.1) is 5.92 Å². The molecular formula is C27H29N3O. The van der Waals surface area contributed by atoms with E-state index in [0.717, 1.165) is 60.5 Å². The van der Waals surface area contributed by atoms with Gasteiger partial charge in [0.15, 0.2) is 0 Å². The highest BCUT2D eigenvalue weighted by molar-refractivity contribution is 5.78. The van der Waals surface area contributed by atoms with Gasteiger partial charge in [0.25, 0.3) is 0 Å². The summed E-state index contributed by atoms with van der Waals surface area (Å²) in [5.74, 6) is 2.50. The van der Waals surface area contributed by atoms with Gasteiger partial charge in [0.1, 0.15) is 11.6 Å². The fourth-order valence-electron chi connectivity index (χ4n) is 4.89. The van der Waals surface area contributed by atoms with Crippen LogP contribution in [0.1, 0.15) is 29.8 Å². The molecule has 0 radical (unpaired) electrons. The maximum absolute atomic E-state index is 6.62. The van der Waals surface area contributed by atoms with Gasteiger partial charge in [0, 0.05) is 24.2 Å². The number of imidazole rings is 1. The molecule has 2 aromatic carbocycles. The van der Waals surface area contributed by atoms with Crippen LogP contribution >= 0.6 is 0 Å². The van der Waals surface area contributed by atoms with E-state index < -0.39 is 0 Å². The van der Waals surface area contributed by atoms with Crippen molar-refractivity contribution in [3.8, 4) is 17.0 Å². The molecule has 0 bridgehead atoms. The smallest absolute Gasteiger partial charge is 0.119 e. The second-order valence-electron chi connectivity index (χ2n) is 8.56. The van der Waals surface area contributed by atoms with Gasteiger partial charge in [-0.1, -0.05) is 42.5 Å². The summed E-state index contributed by atoms with van der Waals surface area (Å²) in [5.41, 5.74) is 12.8. The number of fused-ring (bicyclic) bond motifs is 2. The van der Waals surface area contributed by atoms with Crippen molar-refractivity contribution in [3.05, 3.63) is 89.9 Å². The van der Waals surface area contributed by atoms with Gasteiger partial charge in [-0.3, -0.25) is 0 Å². The molecular weight excluding hydrogens is 382 g/mol. The van der Waals surface area contributed by atoms with Crippen molar-refractivity contribution in [2.45, 2.75) is 38.1 Å². The van der Waals surface area contributed by atoms with Gasteiger partial charge in [-0.15, -0.1) is 0 Å². The van der Waals surface area contributed by atoms with E-state index in [1.54, 1.807) is 7.11 Å². The third kappa shape index (κ3) is 3.96. The highest BCUT2D eigenvalue weighted by atomic mass is 16.5. The number of aromatic nitrogens is 2. The summed E-state index contributed by atoms with van der Waals surface area (Å²) >= 11 is 0. The second-order valence-corrected chi connectivity index (χ2v) is 8.56. The fraction of sp³-hybridized carbons (Fsp3) is 0.296. The van der Waals surface area contributed by atoms with E-state index in [1.807, 2.05) is 18.2 Å². The minimum atomic E-state index is 0.233. The number of ether oxygens (including phenoxy) is 1. The first-order valence-electron chi connectivity index (χ1n) is 11.2. The van der Waals surface area contributed by atoms with Crippen LogP contribution in [0.25, 0.3) is 16.8 Å². The van der Waals surface area contributed by atoms with E-state index in [1.165, 1.54) is 11.1 Å². The number of rotatable bonds is 7. The maximum Gasteiger partial charge on any atom is 0.119 e. The van der Waals surface area contributed by atoms with Crippen LogP contribution in [0.2, 0.25) is 0 Å². The lowest BCUT2D eigenvalue weighted by Crippen LogP contribution is -2.30. The van der Waals surface area contributed by atoms with Gasteiger partial charge < -0.3 is 14.9 Å². The number of nitrogens with zero attached hydrogens (tertiary/aromatic N) is 2. The first-order chi connectivity index (χ1) is 15.2. The molecule has 1 atom stereocenters. The third-order valence-electron chi connectivity index (χ3n) is 6.59. The van der Waals surface area contributed by atoms with Gasteiger partial charge in [0.2, 0.25) is 0 Å². The monoisotopic (exact) mass is 411 g/mol. The quantitative estimate of drug-likeness (QED) is 0.462. The molecule has 0 aliphatic heterocycles. The Bertz CT molecular complexity index is 1170. The van der Waals surface area contributed by atoms with Gasteiger partial charge in [-0.2, -0.15) is 0 Å². The number of methoxy groups -OCH3 is 1. The number of hydrogen-bond donors (Lipinski definition) is 1. The zero-order chi connectivity index (χ0) is 21.2. The molecule has 0 saturated heterocycles. The molecule has 31 heavy (non-hydrogen) atoms. The lowest BCUT2D eigenvalue weighted by atomic mass is 9.93. The minimum Gasteiger partial charge on any atom is -0.497 e. The van der Waals surface area contributed by atoms with Crippen LogP contribution in [0.15, 0.2) is 72.9 Å². The second kappa shape index (κ2) is 8.56. The first-order valence-corrected chi connectivity index (χ1v) is 11.2. The van der Waals surface area contributed by atoms with Crippen molar-refractivity contribution < 1.29 is 4.74 Å². The molecule has 2 aromatic heterocycles. The Morgan fingerprint density at radius 1 is 1.03 bits per heavy atom. The van der Waals surface area contributed by atoms with Crippen molar-refractivity contribution in [1.29, 1.82) is 0 Å². The average molecular weight is 412 g/mol. The Morgan fingerprint density at radius 2 is 1.81 bits per heavy atom. The number of hydrogen-bond acceptors (Lipinski definition) is 3. The fourth-order valence-corrected chi connectivity index (χ4v) is 4.89. The molecule has 2 heterocycles. The summed E-state index contributed by atoms with van der Waals surface area (Å²) in [5, 5.41) is 0. The van der Waals surface area contributed by atoms with E-state index >= 15 is 0 Å². The van der Waals surface area contributed by atoms with E-state index in [0.29, 0.717) is 5.92 Å². The SMILES string of the molecule is COc1cccc(-c2nc(CCCC(N)C3Cc4ccccc4C3)n3ccccc23)c1. The summed E-state index contributed by atoms with van der Waals surface area (Å²) < 4.78 is 7.62. The lowest BCUT2D eigenvalue weighted by molar-refractivity contribution is 0.407. The van der Waals surface area contributed by atoms with Crippen LogP contribution in [-0.2, 0) is 19.3 Å². The zero-order valence-electron chi connectivity index (χ0n) is 18.0. The molecule has 5 rings (SSSR count). The average Bonchev–Trinajstić information content (AvgIpc) is 3.41. The predicted octanol–water partition coefficient (Wildman–Crippen LogP) is 5.07. The molecule has 1 unspecified atom stereocenters. The summed E-state index contributed by atoms with van der Waals surface area (Å²) in [6.45, 7) is 0. The van der Waals surface area contributed by atoms with Crippen LogP contribution in [0.3, 0.4) is 0 Å². The Labute approximate surface area is 183 Å². The highest BCUT2D eigenvalue weighted by Crippen LogP contribution is 2.31. The van der Waals surface area contributed by atoms with Crippen LogP contribution in [-0.4, -0.2) is 22.5 Å². The van der Waals surface area contributed by atoms with E-state index in [9.17, 15) is 0 Å². The first kappa shape index (κ1) is 19.8. The molecule has 0 spiro atoms. The number of aryl methyl sites for hydroxylation is 1. The molecule has 0 fully saturated rings. The number of pyridine rings is 1. The topological polar surface area (TPSA) is 52.5 Å². The Morgan fingerprint density at radius 3 is 2.58 bits per heavy atom. The number of nitrogens with two attached hydrogens (primary N) is 1. The van der Waals surface area contributed by atoms with Crippen molar-refractivity contribution >= 4 is 5.52 Å². The summed E-state index contributed by atoms with van der Waals surface area (Å²) in [6.07, 6.45) is 7.32. The van der Waals surface area contributed by atoms with Crippen molar-refractivity contribution in [2.24, 2.45) is 11.7 Å². The minimum absolute atomic E-state index is 0.233. The van der Waals surface area contributed by atoms with Gasteiger partial charge in [-0.05, 0) is 67.0 Å². The molecule has 4 aromatic rings. The van der Waals surface area contributed by atoms with Crippen molar-refractivity contribution in [3.63, 3.8) is 0 Å². The summed E-state index contributed by atoms with van der Waals surface area (Å²) in [7, 11) is 1.70. The standard InChI is InChI=1S/C27H29N3O/c1-31-23-11-6-10-21(18-23)27-25-13-4-5-15-30(25)26(29-27)14-7-12-24(28)22-16-19-8-2-3-9-20(19)17-22/h2-6,8-11,13,15,18,22,24H,7,12,14,16-17,28H2,1H3. The van der Waals surface area contributed by atoms with E-state index in [-0.39, 0.29) is 6.04 Å². The van der Waals surface area contributed by atoms with E-state index in [4.69, 9.17) is 15.5 Å². The zero-order valence-corrected chi connectivity index (χ0v) is 18.0. The molecule has 1 aliphatic carbocycles. The van der Waals surface area contributed by atoms with Crippen LogP contribution in [0.4, 0.5) is 0 Å². The molecule has 158 valence electrons. The normalized spacial score (nSPS) is 14.6. The third-order valence-corrected chi connectivity index (χ3v) is 6.59. The Hall–Kier alpha value is -3.11. The van der Waals surface area contributed by atoms with Crippen LogP contribution in [0.5, 0.6) is 5.75 Å². The Kier molecular flexibility index (Phi) is 5.47. The van der Waals surface area contributed by atoms with E-state index in [2.05, 4.69) is 59.1 Å². The molecule has 0 amide bonds. The molecule has 0 saturated carbocycles. The summed E-state index contributed by atoms with van der Waals surface area (Å²) in [6, 6.07) is 23.4. The van der Waals surface area contributed by atoms with Gasteiger partial charge in [0.05, 0.1) is 18.3 Å². The molecule has 4 heteroatoms. The van der Waals surface area contributed by atoms with Crippen molar-refractivity contribution in [2.75, 3.05) is 7.11 Å². The molecule has 2 N–H and O–H groups in total. The molecule has 4 nitrogen and oxygen atoms in total. The van der Waals surface area contributed by atoms with Crippen molar-refractivity contribution in [1.82, 2.24) is 9.38 Å². The Balaban J connectivity index is 1.30. The molecule has 1 aliphatic rings. The predicted molar refractivity (Wildman–Crippen MR) is 125 cm³/mol. The van der Waals surface area contributed by atoms with Crippen LogP contribution < -0.4 is 10.5 Å². The van der Waals surface area contributed by atoms with Gasteiger partial charge >= 0.3 is 0 Å². The van der Waals surface area contributed by atoms with Gasteiger partial charge in [-0.25, -0.2) is 4.98 Å².